The topological polar surface area (TPSA) is 75.6 Å². The van der Waals surface area contributed by atoms with Gasteiger partial charge in [-0.15, -0.1) is 0 Å². The molecule has 1 aliphatic rings. The second kappa shape index (κ2) is 10.2. The lowest BCUT2D eigenvalue weighted by atomic mass is 10.1. The highest BCUT2D eigenvalue weighted by molar-refractivity contribution is 5.98. The van der Waals surface area contributed by atoms with E-state index in [0.29, 0.717) is 23.6 Å². The molecule has 0 fully saturated rings. The molecule has 1 atom stereocenters. The fourth-order valence-electron chi connectivity index (χ4n) is 3.70. The minimum Gasteiger partial charge on any atom is -0.457 e. The fraction of sp³-hybridized carbons (Fsp3) is 0.269. The van der Waals surface area contributed by atoms with Crippen molar-refractivity contribution in [3.8, 4) is 11.5 Å². The van der Waals surface area contributed by atoms with Gasteiger partial charge in [-0.25, -0.2) is 0 Å². The molecule has 2 heterocycles. The number of rotatable bonds is 7. The quantitative estimate of drug-likeness (QED) is 0.466. The van der Waals surface area contributed by atoms with E-state index in [4.69, 9.17) is 4.74 Å². The molecule has 0 unspecified atom stereocenters. The van der Waals surface area contributed by atoms with Crippen molar-refractivity contribution in [1.82, 2.24) is 10.3 Å². The molecule has 9 heteroatoms. The van der Waals surface area contributed by atoms with Crippen LogP contribution in [0.3, 0.4) is 0 Å². The Labute approximate surface area is 201 Å². The predicted molar refractivity (Wildman–Crippen MR) is 128 cm³/mol. The number of anilines is 1. The normalized spacial score (nSPS) is 15.3. The Hall–Kier alpha value is -3.88. The summed E-state index contributed by atoms with van der Waals surface area (Å²) in [5, 5.41) is 5.77. The number of pyridine rings is 1. The number of carbonyl (C=O) groups is 1. The van der Waals surface area contributed by atoms with E-state index in [1.165, 1.54) is 19.1 Å². The average molecular weight is 483 g/mol. The second-order valence-electron chi connectivity index (χ2n) is 8.41. The molecule has 0 spiro atoms. The van der Waals surface area contributed by atoms with Crippen molar-refractivity contribution in [2.24, 2.45) is 4.99 Å². The first-order chi connectivity index (χ1) is 16.7. The number of ether oxygens (including phenoxy) is 1. The van der Waals surface area contributed by atoms with Gasteiger partial charge in [-0.2, -0.15) is 13.2 Å². The van der Waals surface area contributed by atoms with Crippen molar-refractivity contribution in [2.75, 3.05) is 11.9 Å². The number of benzene rings is 2. The molecule has 182 valence electrons. The number of nitrogens with zero attached hydrogens (tertiary/aromatic N) is 2. The Morgan fingerprint density at radius 3 is 2.69 bits per heavy atom. The third-order valence-corrected chi connectivity index (χ3v) is 5.49. The van der Waals surface area contributed by atoms with Gasteiger partial charge < -0.3 is 15.4 Å². The molecule has 0 aliphatic carbocycles. The average Bonchev–Trinajstić information content (AvgIpc) is 3.25. The van der Waals surface area contributed by atoms with Gasteiger partial charge in [0.05, 0.1) is 11.6 Å². The molecule has 4 rings (SSSR count). The van der Waals surface area contributed by atoms with Crippen LogP contribution in [0.1, 0.15) is 35.7 Å². The summed E-state index contributed by atoms with van der Waals surface area (Å²) < 4.78 is 45.3. The number of nitrogens with one attached hydrogen (secondary N) is 2. The van der Waals surface area contributed by atoms with Gasteiger partial charge in [-0.05, 0) is 61.7 Å². The Kier molecular flexibility index (Phi) is 7.04. The van der Waals surface area contributed by atoms with Gasteiger partial charge in [-0.1, -0.05) is 18.2 Å². The van der Waals surface area contributed by atoms with Crippen molar-refractivity contribution >= 4 is 17.4 Å². The number of alkyl halides is 3. The Morgan fingerprint density at radius 1 is 1.14 bits per heavy atom. The Bertz CT molecular complexity index is 1260. The van der Waals surface area contributed by atoms with Gasteiger partial charge in [0.2, 0.25) is 5.91 Å². The number of hydrogen-bond donors (Lipinski definition) is 2. The Morgan fingerprint density at radius 2 is 1.94 bits per heavy atom. The molecule has 35 heavy (non-hydrogen) atoms. The highest BCUT2D eigenvalue weighted by Gasteiger charge is 2.32. The zero-order valence-corrected chi connectivity index (χ0v) is 19.3. The van der Waals surface area contributed by atoms with Gasteiger partial charge >= 0.3 is 6.18 Å². The van der Waals surface area contributed by atoms with Gasteiger partial charge in [0.15, 0.2) is 0 Å². The molecule has 2 aromatic carbocycles. The second-order valence-corrected chi connectivity index (χ2v) is 8.41. The molecule has 2 N–H and O–H groups in total. The first-order valence-corrected chi connectivity index (χ1v) is 11.2. The van der Waals surface area contributed by atoms with Crippen LogP contribution in [-0.2, 0) is 17.4 Å². The van der Waals surface area contributed by atoms with E-state index in [-0.39, 0.29) is 29.6 Å². The summed E-state index contributed by atoms with van der Waals surface area (Å²) in [6.45, 7) is 4.17. The summed E-state index contributed by atoms with van der Waals surface area (Å²) in [5.74, 6) is 1.57. The molecule has 0 saturated heterocycles. The highest BCUT2D eigenvalue weighted by atomic mass is 19.4. The smallest absolute Gasteiger partial charge is 0.416 e. The van der Waals surface area contributed by atoms with Crippen LogP contribution in [-0.4, -0.2) is 29.3 Å². The van der Waals surface area contributed by atoms with E-state index in [1.807, 2.05) is 31.2 Å². The van der Waals surface area contributed by atoms with Crippen LogP contribution in [0, 0.1) is 6.92 Å². The summed E-state index contributed by atoms with van der Waals surface area (Å²) >= 11 is 0. The maximum atomic E-state index is 13.1. The van der Waals surface area contributed by atoms with Crippen LogP contribution in [0.2, 0.25) is 0 Å². The number of halogens is 3. The maximum absolute atomic E-state index is 13.1. The van der Waals surface area contributed by atoms with E-state index >= 15 is 0 Å². The number of carbonyl (C=O) groups excluding carboxylic acids is 1. The molecule has 3 aromatic rings. The molecule has 1 amide bonds. The van der Waals surface area contributed by atoms with Crippen LogP contribution in [0.4, 0.5) is 18.9 Å². The summed E-state index contributed by atoms with van der Waals surface area (Å²) in [7, 11) is 0. The van der Waals surface area contributed by atoms with Crippen LogP contribution in [0.15, 0.2) is 65.8 Å². The number of aryl methyl sites for hydroxylation is 2. The largest absolute Gasteiger partial charge is 0.457 e. The lowest BCUT2D eigenvalue weighted by Crippen LogP contribution is -2.21. The molecular weight excluding hydrogens is 457 g/mol. The fourth-order valence-corrected chi connectivity index (χ4v) is 3.70. The highest BCUT2D eigenvalue weighted by Crippen LogP contribution is 2.33. The van der Waals surface area contributed by atoms with Gasteiger partial charge in [0.25, 0.3) is 0 Å². The standard InChI is InChI=1S/C26H25F3N4O2/c1-16-6-8-19(13-22(16)26(27,28)29)33-24(34)9-7-18-4-3-5-20(12-18)35-21-10-11-30-23(14-21)25-31-15-17(2)32-25/h3-6,8,10-14,17H,7,9,15H2,1-2H3,(H,31,32)(H,33,34)/t17-/m0/s1. The predicted octanol–water partition coefficient (Wildman–Crippen LogP) is 5.51. The van der Waals surface area contributed by atoms with Crippen molar-refractivity contribution in [1.29, 1.82) is 0 Å². The first kappa shape index (κ1) is 24.3. The molecule has 1 aromatic heterocycles. The van der Waals surface area contributed by atoms with E-state index in [9.17, 15) is 18.0 Å². The molecular formula is C26H25F3N4O2. The number of amides is 1. The molecule has 0 saturated carbocycles. The molecule has 0 radical (unpaired) electrons. The number of aliphatic imine (C=N–C) groups is 1. The number of amidine groups is 1. The van der Waals surface area contributed by atoms with Crippen molar-refractivity contribution in [3.05, 3.63) is 83.2 Å². The summed E-state index contributed by atoms with van der Waals surface area (Å²) in [5.41, 5.74) is 1.03. The monoisotopic (exact) mass is 482 g/mol. The SMILES string of the molecule is Cc1ccc(NC(=O)CCc2cccc(Oc3ccnc(C4=N[C@@H](C)CN4)c3)c2)cc1C(F)(F)F. The van der Waals surface area contributed by atoms with E-state index < -0.39 is 11.7 Å². The van der Waals surface area contributed by atoms with Gasteiger partial charge in [0.1, 0.15) is 23.0 Å². The van der Waals surface area contributed by atoms with E-state index in [1.54, 1.807) is 18.3 Å². The van der Waals surface area contributed by atoms with E-state index in [2.05, 4.69) is 20.6 Å². The van der Waals surface area contributed by atoms with Gasteiger partial charge in [0, 0.05) is 30.9 Å². The van der Waals surface area contributed by atoms with Gasteiger partial charge in [-0.3, -0.25) is 14.8 Å². The molecule has 0 bridgehead atoms. The van der Waals surface area contributed by atoms with Crippen molar-refractivity contribution < 1.29 is 22.7 Å². The Balaban J connectivity index is 1.36. The van der Waals surface area contributed by atoms with Crippen LogP contribution >= 0.6 is 0 Å². The lowest BCUT2D eigenvalue weighted by molar-refractivity contribution is -0.138. The number of aromatic nitrogens is 1. The third kappa shape index (κ3) is 6.38. The minimum absolute atomic E-state index is 0.107. The van der Waals surface area contributed by atoms with Crippen LogP contribution in [0.25, 0.3) is 0 Å². The number of hydrogen-bond acceptors (Lipinski definition) is 5. The maximum Gasteiger partial charge on any atom is 0.416 e. The van der Waals surface area contributed by atoms with E-state index in [0.717, 1.165) is 24.0 Å². The first-order valence-electron chi connectivity index (χ1n) is 11.2. The van der Waals surface area contributed by atoms with Crippen LogP contribution in [0.5, 0.6) is 11.5 Å². The summed E-state index contributed by atoms with van der Waals surface area (Å²) in [4.78, 5) is 21.2. The molecule has 1 aliphatic heterocycles. The third-order valence-electron chi connectivity index (χ3n) is 5.49. The van der Waals surface area contributed by atoms with Crippen LogP contribution < -0.4 is 15.4 Å². The van der Waals surface area contributed by atoms with Crippen molar-refractivity contribution in [3.63, 3.8) is 0 Å². The molecule has 6 nitrogen and oxygen atoms in total. The zero-order valence-electron chi connectivity index (χ0n) is 19.3. The summed E-state index contributed by atoms with van der Waals surface area (Å²) in [6.07, 6.45) is -2.30. The minimum atomic E-state index is -4.47. The van der Waals surface area contributed by atoms with Crippen molar-refractivity contribution in [2.45, 2.75) is 38.9 Å². The zero-order chi connectivity index (χ0) is 25.0. The summed E-state index contributed by atoms with van der Waals surface area (Å²) in [6, 6.07) is 14.8. The lowest BCUT2D eigenvalue weighted by Gasteiger charge is -2.13.